The normalized spacial score (nSPS) is 16.9. The average molecular weight is 325 g/mol. The van der Waals surface area contributed by atoms with Gasteiger partial charge < -0.3 is 5.32 Å². The lowest BCUT2D eigenvalue weighted by Gasteiger charge is -2.19. The summed E-state index contributed by atoms with van der Waals surface area (Å²) in [5, 5.41) is 3.00. The number of likely N-dealkylation sites (tertiary alicyclic amines) is 1. The van der Waals surface area contributed by atoms with Gasteiger partial charge >= 0.3 is 0 Å². The third-order valence-corrected chi connectivity index (χ3v) is 4.02. The van der Waals surface area contributed by atoms with E-state index in [0.29, 0.717) is 6.54 Å². The van der Waals surface area contributed by atoms with E-state index in [0.717, 1.165) is 28.8 Å². The predicted molar refractivity (Wildman–Crippen MR) is 82.4 cm³/mol. The van der Waals surface area contributed by atoms with Gasteiger partial charge in [-0.15, -0.1) is 0 Å². The Kier molecular flexibility index (Phi) is 5.40. The van der Waals surface area contributed by atoms with Crippen LogP contribution >= 0.6 is 15.9 Å². The van der Waals surface area contributed by atoms with Crippen molar-refractivity contribution in [2.45, 2.75) is 32.6 Å². The van der Waals surface area contributed by atoms with Crippen LogP contribution in [0.25, 0.3) is 0 Å². The molecule has 1 amide bonds. The molecular weight excluding hydrogens is 304 g/mol. The number of nitrogens with zero attached hydrogens (tertiary/aromatic N) is 1. The van der Waals surface area contributed by atoms with Gasteiger partial charge in [-0.25, -0.2) is 0 Å². The number of carbonyl (C=O) groups is 1. The van der Waals surface area contributed by atoms with E-state index in [2.05, 4.69) is 26.1 Å². The van der Waals surface area contributed by atoms with E-state index in [4.69, 9.17) is 0 Å². The minimum absolute atomic E-state index is 0.0901. The fourth-order valence-corrected chi connectivity index (χ4v) is 2.93. The van der Waals surface area contributed by atoms with Crippen molar-refractivity contribution in [3.8, 4) is 0 Å². The number of nitrogens with one attached hydrogen (secondary N) is 1. The highest BCUT2D eigenvalue weighted by atomic mass is 79.9. The quantitative estimate of drug-likeness (QED) is 0.921. The first-order valence-corrected chi connectivity index (χ1v) is 7.73. The molecule has 19 heavy (non-hydrogen) atoms. The van der Waals surface area contributed by atoms with Crippen molar-refractivity contribution in [1.82, 2.24) is 4.90 Å². The van der Waals surface area contributed by atoms with E-state index in [1.54, 1.807) is 0 Å². The maximum atomic E-state index is 12.1. The van der Waals surface area contributed by atoms with Crippen molar-refractivity contribution in [3.05, 3.63) is 28.2 Å². The average Bonchev–Trinajstić information content (AvgIpc) is 2.61. The molecule has 104 valence electrons. The Hall–Kier alpha value is -0.870. The Morgan fingerprint density at radius 3 is 2.58 bits per heavy atom. The first kappa shape index (κ1) is 14.5. The lowest BCUT2D eigenvalue weighted by Crippen LogP contribution is -2.34. The molecule has 0 spiro atoms. The van der Waals surface area contributed by atoms with Gasteiger partial charge in [0.1, 0.15) is 0 Å². The van der Waals surface area contributed by atoms with Gasteiger partial charge in [-0.2, -0.15) is 0 Å². The second kappa shape index (κ2) is 7.06. The minimum atomic E-state index is 0.0901. The van der Waals surface area contributed by atoms with Crippen LogP contribution in [-0.4, -0.2) is 30.4 Å². The summed E-state index contributed by atoms with van der Waals surface area (Å²) < 4.78 is 1.04. The molecule has 1 aliphatic heterocycles. The summed E-state index contributed by atoms with van der Waals surface area (Å²) in [5.74, 6) is 0.0901. The van der Waals surface area contributed by atoms with Gasteiger partial charge in [-0.3, -0.25) is 9.69 Å². The zero-order chi connectivity index (χ0) is 13.7. The topological polar surface area (TPSA) is 32.3 Å². The number of aryl methyl sites for hydroxylation is 1. The molecule has 3 nitrogen and oxygen atoms in total. The van der Waals surface area contributed by atoms with Crippen LogP contribution in [0.2, 0.25) is 0 Å². The van der Waals surface area contributed by atoms with E-state index in [1.807, 2.05) is 25.1 Å². The largest absolute Gasteiger partial charge is 0.325 e. The zero-order valence-electron chi connectivity index (χ0n) is 11.4. The second-order valence-corrected chi connectivity index (χ2v) is 6.11. The molecule has 1 fully saturated rings. The molecule has 1 heterocycles. The first-order valence-electron chi connectivity index (χ1n) is 6.93. The van der Waals surface area contributed by atoms with E-state index >= 15 is 0 Å². The molecule has 2 rings (SSSR count). The van der Waals surface area contributed by atoms with Gasteiger partial charge in [0.15, 0.2) is 0 Å². The van der Waals surface area contributed by atoms with Crippen LogP contribution < -0.4 is 5.32 Å². The Morgan fingerprint density at radius 1 is 1.26 bits per heavy atom. The van der Waals surface area contributed by atoms with Gasteiger partial charge in [0.05, 0.1) is 6.54 Å². The van der Waals surface area contributed by atoms with Crippen LogP contribution in [0.3, 0.4) is 0 Å². The Morgan fingerprint density at radius 2 is 1.95 bits per heavy atom. The first-order chi connectivity index (χ1) is 9.15. The molecule has 4 heteroatoms. The number of rotatable bonds is 3. The molecule has 1 aromatic carbocycles. The summed E-state index contributed by atoms with van der Waals surface area (Å²) in [6, 6.07) is 5.91. The molecule has 1 aliphatic rings. The highest BCUT2D eigenvalue weighted by Gasteiger charge is 2.13. The van der Waals surface area contributed by atoms with Crippen molar-refractivity contribution in [2.75, 3.05) is 25.0 Å². The SMILES string of the molecule is Cc1cc(Br)ccc1NC(=O)CN1CCCCCC1. The third kappa shape index (κ3) is 4.62. The van der Waals surface area contributed by atoms with E-state index in [9.17, 15) is 4.79 Å². The highest BCUT2D eigenvalue weighted by Crippen LogP contribution is 2.20. The lowest BCUT2D eigenvalue weighted by molar-refractivity contribution is -0.117. The summed E-state index contributed by atoms with van der Waals surface area (Å²) in [6.07, 6.45) is 5.02. The monoisotopic (exact) mass is 324 g/mol. The number of hydrogen-bond acceptors (Lipinski definition) is 2. The summed E-state index contributed by atoms with van der Waals surface area (Å²) in [4.78, 5) is 14.3. The van der Waals surface area contributed by atoms with Gasteiger partial charge in [-0.1, -0.05) is 28.8 Å². The summed E-state index contributed by atoms with van der Waals surface area (Å²) in [7, 11) is 0. The maximum Gasteiger partial charge on any atom is 0.238 e. The van der Waals surface area contributed by atoms with E-state index in [1.165, 1.54) is 25.7 Å². The van der Waals surface area contributed by atoms with Crippen LogP contribution in [0.4, 0.5) is 5.69 Å². The van der Waals surface area contributed by atoms with Crippen molar-refractivity contribution in [1.29, 1.82) is 0 Å². The number of carbonyl (C=O) groups excluding carboxylic acids is 1. The number of hydrogen-bond donors (Lipinski definition) is 1. The van der Waals surface area contributed by atoms with Gasteiger partial charge in [0, 0.05) is 10.2 Å². The molecule has 0 radical (unpaired) electrons. The highest BCUT2D eigenvalue weighted by molar-refractivity contribution is 9.10. The molecule has 0 saturated carbocycles. The van der Waals surface area contributed by atoms with Gasteiger partial charge in [0.2, 0.25) is 5.91 Å². The fraction of sp³-hybridized carbons (Fsp3) is 0.533. The molecule has 0 atom stereocenters. The molecule has 0 aromatic heterocycles. The summed E-state index contributed by atoms with van der Waals surface area (Å²) in [5.41, 5.74) is 1.99. The van der Waals surface area contributed by atoms with Crippen molar-refractivity contribution < 1.29 is 4.79 Å². The van der Waals surface area contributed by atoms with Gasteiger partial charge in [0.25, 0.3) is 0 Å². The van der Waals surface area contributed by atoms with Crippen molar-refractivity contribution in [3.63, 3.8) is 0 Å². The molecule has 1 aromatic rings. The lowest BCUT2D eigenvalue weighted by atomic mass is 10.2. The number of anilines is 1. The number of halogens is 1. The van der Waals surface area contributed by atoms with Crippen LogP contribution in [0, 0.1) is 6.92 Å². The van der Waals surface area contributed by atoms with Crippen LogP contribution in [0.5, 0.6) is 0 Å². The standard InChI is InChI=1S/C15H21BrN2O/c1-12-10-13(16)6-7-14(12)17-15(19)11-18-8-4-2-3-5-9-18/h6-7,10H,2-5,8-9,11H2,1H3,(H,17,19). The Labute approximate surface area is 123 Å². The van der Waals surface area contributed by atoms with Crippen LogP contribution in [0.15, 0.2) is 22.7 Å². The minimum Gasteiger partial charge on any atom is -0.325 e. The molecule has 0 aliphatic carbocycles. The van der Waals surface area contributed by atoms with Crippen molar-refractivity contribution >= 4 is 27.5 Å². The van der Waals surface area contributed by atoms with Crippen LogP contribution in [-0.2, 0) is 4.79 Å². The third-order valence-electron chi connectivity index (χ3n) is 3.53. The molecule has 0 bridgehead atoms. The van der Waals surface area contributed by atoms with Crippen molar-refractivity contribution in [2.24, 2.45) is 0 Å². The van der Waals surface area contributed by atoms with E-state index < -0.39 is 0 Å². The molecule has 1 saturated heterocycles. The predicted octanol–water partition coefficient (Wildman–Crippen LogP) is 3.57. The number of benzene rings is 1. The zero-order valence-corrected chi connectivity index (χ0v) is 13.0. The maximum absolute atomic E-state index is 12.1. The smallest absolute Gasteiger partial charge is 0.238 e. The summed E-state index contributed by atoms with van der Waals surface area (Å²) >= 11 is 3.43. The Balaban J connectivity index is 1.89. The molecular formula is C15H21BrN2O. The number of amides is 1. The molecule has 1 N–H and O–H groups in total. The fourth-order valence-electron chi connectivity index (χ4n) is 2.45. The summed E-state index contributed by atoms with van der Waals surface area (Å²) in [6.45, 7) is 4.61. The van der Waals surface area contributed by atoms with Crippen LogP contribution in [0.1, 0.15) is 31.2 Å². The Bertz CT molecular complexity index is 440. The second-order valence-electron chi connectivity index (χ2n) is 5.20. The van der Waals surface area contributed by atoms with E-state index in [-0.39, 0.29) is 5.91 Å². The molecule has 0 unspecified atom stereocenters. The van der Waals surface area contributed by atoms with Gasteiger partial charge in [-0.05, 0) is 56.6 Å².